The number of ether oxygens (including phenoxy) is 1. The molecular formula is C11H14BrNO2. The zero-order valence-electron chi connectivity index (χ0n) is 8.63. The number of hydrogen-bond acceptors (Lipinski definition) is 2. The lowest BCUT2D eigenvalue weighted by molar-refractivity contribution is -0.117. The van der Waals surface area contributed by atoms with Gasteiger partial charge in [0.25, 0.3) is 0 Å². The molecule has 3 nitrogen and oxygen atoms in total. The molecule has 0 saturated carbocycles. The molecule has 1 rings (SSSR count). The summed E-state index contributed by atoms with van der Waals surface area (Å²) in [4.78, 5) is 11.4. The Balaban J connectivity index is 2.34. The van der Waals surface area contributed by atoms with Gasteiger partial charge in [0.2, 0.25) is 5.91 Å². The summed E-state index contributed by atoms with van der Waals surface area (Å²) in [5.74, 6) is -0.0224. The van der Waals surface area contributed by atoms with Gasteiger partial charge in [-0.15, -0.1) is 0 Å². The van der Waals surface area contributed by atoms with Crippen LogP contribution in [-0.4, -0.2) is 19.1 Å². The van der Waals surface area contributed by atoms with Crippen molar-refractivity contribution in [1.29, 1.82) is 0 Å². The Kier molecular flexibility index (Phi) is 5.36. The molecule has 0 spiro atoms. The summed E-state index contributed by atoms with van der Waals surface area (Å²) < 4.78 is 6.09. The van der Waals surface area contributed by atoms with Crippen LogP contribution < -0.4 is 5.32 Å². The Labute approximate surface area is 97.9 Å². The van der Waals surface area contributed by atoms with E-state index in [1.165, 1.54) is 0 Å². The van der Waals surface area contributed by atoms with Crippen LogP contribution in [0.15, 0.2) is 28.7 Å². The Hall–Kier alpha value is -0.870. The molecule has 1 amide bonds. The quantitative estimate of drug-likeness (QED) is 0.837. The molecule has 0 unspecified atom stereocenters. The summed E-state index contributed by atoms with van der Waals surface area (Å²) >= 11 is 3.33. The van der Waals surface area contributed by atoms with Crippen LogP contribution in [0.5, 0.6) is 0 Å². The Morgan fingerprint density at radius 1 is 1.40 bits per heavy atom. The zero-order chi connectivity index (χ0) is 11.1. The number of anilines is 1. The Morgan fingerprint density at radius 3 is 2.67 bits per heavy atom. The lowest BCUT2D eigenvalue weighted by atomic mass is 10.3. The standard InChI is InChI=1S/C11H14BrNO2/c1-2-15-8-7-11(14)13-10-5-3-9(12)4-6-10/h3-6H,2,7-8H2,1H3,(H,13,14). The minimum Gasteiger partial charge on any atom is -0.381 e. The molecule has 0 saturated heterocycles. The van der Waals surface area contributed by atoms with Crippen molar-refractivity contribution >= 4 is 27.5 Å². The highest BCUT2D eigenvalue weighted by Crippen LogP contribution is 2.14. The predicted molar refractivity (Wildman–Crippen MR) is 63.9 cm³/mol. The van der Waals surface area contributed by atoms with Gasteiger partial charge < -0.3 is 10.1 Å². The van der Waals surface area contributed by atoms with E-state index in [2.05, 4.69) is 21.2 Å². The van der Waals surface area contributed by atoms with Gasteiger partial charge in [0.05, 0.1) is 13.0 Å². The second-order valence-corrected chi connectivity index (χ2v) is 3.92. The highest BCUT2D eigenvalue weighted by atomic mass is 79.9. The molecule has 0 aromatic heterocycles. The van der Waals surface area contributed by atoms with E-state index >= 15 is 0 Å². The van der Waals surface area contributed by atoms with E-state index in [0.29, 0.717) is 19.6 Å². The maximum Gasteiger partial charge on any atom is 0.226 e. The number of hydrogen-bond donors (Lipinski definition) is 1. The molecule has 0 heterocycles. The third-order valence-electron chi connectivity index (χ3n) is 1.81. The van der Waals surface area contributed by atoms with E-state index in [0.717, 1.165) is 10.2 Å². The van der Waals surface area contributed by atoms with E-state index in [1.54, 1.807) is 0 Å². The third kappa shape index (κ3) is 4.95. The molecule has 0 fully saturated rings. The fourth-order valence-corrected chi connectivity index (χ4v) is 1.33. The molecule has 82 valence electrons. The Morgan fingerprint density at radius 2 is 2.07 bits per heavy atom. The van der Waals surface area contributed by atoms with Crippen LogP contribution in [0.4, 0.5) is 5.69 Å². The van der Waals surface area contributed by atoms with Gasteiger partial charge in [-0.05, 0) is 31.2 Å². The number of benzene rings is 1. The molecule has 0 aliphatic rings. The molecule has 1 aromatic rings. The maximum atomic E-state index is 11.4. The van der Waals surface area contributed by atoms with Crippen molar-refractivity contribution < 1.29 is 9.53 Å². The van der Waals surface area contributed by atoms with Crippen molar-refractivity contribution in [2.24, 2.45) is 0 Å². The van der Waals surface area contributed by atoms with Gasteiger partial charge in [0.1, 0.15) is 0 Å². The van der Waals surface area contributed by atoms with Gasteiger partial charge in [-0.3, -0.25) is 4.79 Å². The van der Waals surface area contributed by atoms with Crippen molar-refractivity contribution in [2.45, 2.75) is 13.3 Å². The van der Waals surface area contributed by atoms with Crippen LogP contribution in [0, 0.1) is 0 Å². The van der Waals surface area contributed by atoms with Gasteiger partial charge in [0, 0.05) is 16.8 Å². The molecule has 0 atom stereocenters. The first kappa shape index (κ1) is 12.2. The summed E-state index contributed by atoms with van der Waals surface area (Å²) in [5.41, 5.74) is 0.805. The van der Waals surface area contributed by atoms with Crippen molar-refractivity contribution in [2.75, 3.05) is 18.5 Å². The second-order valence-electron chi connectivity index (χ2n) is 3.00. The fraction of sp³-hybridized carbons (Fsp3) is 0.364. The first-order chi connectivity index (χ1) is 7.22. The monoisotopic (exact) mass is 271 g/mol. The summed E-state index contributed by atoms with van der Waals surface area (Å²) in [7, 11) is 0. The topological polar surface area (TPSA) is 38.3 Å². The van der Waals surface area contributed by atoms with E-state index in [1.807, 2.05) is 31.2 Å². The zero-order valence-corrected chi connectivity index (χ0v) is 10.2. The van der Waals surface area contributed by atoms with Crippen molar-refractivity contribution in [3.63, 3.8) is 0 Å². The number of rotatable bonds is 5. The second kappa shape index (κ2) is 6.58. The average Bonchev–Trinajstić information content (AvgIpc) is 2.22. The van der Waals surface area contributed by atoms with E-state index in [4.69, 9.17) is 4.74 Å². The number of nitrogens with one attached hydrogen (secondary N) is 1. The molecule has 1 N–H and O–H groups in total. The first-order valence-electron chi connectivity index (χ1n) is 4.85. The Bertz CT molecular complexity index is 311. The van der Waals surface area contributed by atoms with E-state index in [9.17, 15) is 4.79 Å². The van der Waals surface area contributed by atoms with Crippen LogP contribution in [0.2, 0.25) is 0 Å². The summed E-state index contributed by atoms with van der Waals surface area (Å²) in [6, 6.07) is 7.47. The normalized spacial score (nSPS) is 10.0. The molecule has 0 aliphatic heterocycles. The summed E-state index contributed by atoms with van der Waals surface area (Å²) in [5, 5.41) is 2.79. The number of halogens is 1. The molecule has 0 bridgehead atoms. The van der Waals surface area contributed by atoms with Crippen molar-refractivity contribution in [3.8, 4) is 0 Å². The summed E-state index contributed by atoms with van der Waals surface area (Å²) in [6.07, 6.45) is 0.393. The van der Waals surface area contributed by atoms with Gasteiger partial charge in [0.15, 0.2) is 0 Å². The van der Waals surface area contributed by atoms with Crippen LogP contribution >= 0.6 is 15.9 Å². The third-order valence-corrected chi connectivity index (χ3v) is 2.33. The molecule has 1 aromatic carbocycles. The molecule has 15 heavy (non-hydrogen) atoms. The van der Waals surface area contributed by atoms with E-state index < -0.39 is 0 Å². The van der Waals surface area contributed by atoms with Gasteiger partial charge in [-0.2, -0.15) is 0 Å². The minimum absolute atomic E-state index is 0.0224. The van der Waals surface area contributed by atoms with Crippen LogP contribution in [0.3, 0.4) is 0 Å². The highest BCUT2D eigenvalue weighted by Gasteiger charge is 2.01. The SMILES string of the molecule is CCOCCC(=O)Nc1ccc(Br)cc1. The lowest BCUT2D eigenvalue weighted by Gasteiger charge is -2.05. The first-order valence-corrected chi connectivity index (χ1v) is 5.65. The smallest absolute Gasteiger partial charge is 0.226 e. The van der Waals surface area contributed by atoms with Gasteiger partial charge in [-0.25, -0.2) is 0 Å². The number of amides is 1. The minimum atomic E-state index is -0.0224. The molecule has 0 radical (unpaired) electrons. The molecule has 0 aliphatic carbocycles. The van der Waals surface area contributed by atoms with Crippen molar-refractivity contribution in [3.05, 3.63) is 28.7 Å². The van der Waals surface area contributed by atoms with Gasteiger partial charge in [-0.1, -0.05) is 15.9 Å². The number of carbonyl (C=O) groups is 1. The molecule has 4 heteroatoms. The maximum absolute atomic E-state index is 11.4. The largest absolute Gasteiger partial charge is 0.381 e. The van der Waals surface area contributed by atoms with Gasteiger partial charge >= 0.3 is 0 Å². The highest BCUT2D eigenvalue weighted by molar-refractivity contribution is 9.10. The molecular weight excluding hydrogens is 258 g/mol. The van der Waals surface area contributed by atoms with E-state index in [-0.39, 0.29) is 5.91 Å². The number of carbonyl (C=O) groups excluding carboxylic acids is 1. The van der Waals surface area contributed by atoms with Crippen LogP contribution in [0.25, 0.3) is 0 Å². The van der Waals surface area contributed by atoms with Crippen molar-refractivity contribution in [1.82, 2.24) is 0 Å². The summed E-state index contributed by atoms with van der Waals surface area (Å²) in [6.45, 7) is 3.02. The predicted octanol–water partition coefficient (Wildman–Crippen LogP) is 2.81. The van der Waals surface area contributed by atoms with Crippen LogP contribution in [0.1, 0.15) is 13.3 Å². The lowest BCUT2D eigenvalue weighted by Crippen LogP contribution is -2.13. The fourth-order valence-electron chi connectivity index (χ4n) is 1.07. The van der Waals surface area contributed by atoms with Crippen LogP contribution in [-0.2, 0) is 9.53 Å². The average molecular weight is 272 g/mol.